The summed E-state index contributed by atoms with van der Waals surface area (Å²) in [5.74, 6) is 0.00532. The molecule has 1 fully saturated rings. The molecule has 4 aliphatic rings. The van der Waals surface area contributed by atoms with E-state index in [0.717, 1.165) is 11.3 Å². The van der Waals surface area contributed by atoms with Crippen LogP contribution in [0.4, 0.5) is 5.69 Å². The number of benzene rings is 2. The summed E-state index contributed by atoms with van der Waals surface area (Å²) < 4.78 is 1.49. The van der Waals surface area contributed by atoms with E-state index in [9.17, 15) is 14.4 Å². The zero-order valence-corrected chi connectivity index (χ0v) is 15.0. The minimum atomic E-state index is -1.14. The van der Waals surface area contributed by atoms with Gasteiger partial charge in [-0.1, -0.05) is 30.3 Å². The number of carbonyl (C=O) groups excluding carboxylic acids is 2. The molecule has 2 N–H and O–H groups in total. The molecule has 4 aliphatic heterocycles. The molecule has 7 nitrogen and oxygen atoms in total. The summed E-state index contributed by atoms with van der Waals surface area (Å²) in [5.41, 5.74) is -0.258. The zero-order chi connectivity index (χ0) is 19.3. The Bertz CT molecular complexity index is 1300. The van der Waals surface area contributed by atoms with Gasteiger partial charge in [0, 0.05) is 5.69 Å². The first-order valence-corrected chi connectivity index (χ1v) is 9.22. The predicted octanol–water partition coefficient (Wildman–Crippen LogP) is 1.58. The third-order valence-corrected chi connectivity index (χ3v) is 6.62. The van der Waals surface area contributed by atoms with Crippen LogP contribution in [-0.2, 0) is 20.5 Å². The van der Waals surface area contributed by atoms with Crippen LogP contribution >= 0.6 is 0 Å². The van der Waals surface area contributed by atoms with Crippen molar-refractivity contribution in [1.82, 2.24) is 14.9 Å². The Labute approximate surface area is 159 Å². The molecule has 0 radical (unpaired) electrons. The van der Waals surface area contributed by atoms with Crippen LogP contribution in [0, 0.1) is 0 Å². The van der Waals surface area contributed by atoms with Gasteiger partial charge in [0.05, 0.1) is 10.9 Å². The second-order valence-electron chi connectivity index (χ2n) is 7.87. The van der Waals surface area contributed by atoms with Crippen LogP contribution in [-0.4, -0.2) is 21.4 Å². The van der Waals surface area contributed by atoms with Gasteiger partial charge in [-0.05, 0) is 37.1 Å². The van der Waals surface area contributed by atoms with Crippen LogP contribution in [0.1, 0.15) is 30.8 Å². The Kier molecular flexibility index (Phi) is 2.60. The molecular weight excluding hydrogens is 356 g/mol. The second kappa shape index (κ2) is 4.67. The van der Waals surface area contributed by atoms with E-state index in [2.05, 4.69) is 10.6 Å². The number of anilines is 1. The number of aromatic nitrogens is 2. The van der Waals surface area contributed by atoms with Crippen molar-refractivity contribution in [2.24, 2.45) is 0 Å². The second-order valence-corrected chi connectivity index (χ2v) is 7.87. The molecule has 2 bridgehead atoms. The van der Waals surface area contributed by atoms with E-state index >= 15 is 0 Å². The lowest BCUT2D eigenvalue weighted by atomic mass is 9.58. The number of carbonyl (C=O) groups is 2. The first-order chi connectivity index (χ1) is 13.5. The third kappa shape index (κ3) is 1.50. The molecule has 3 atom stereocenters. The molecule has 7 heteroatoms. The van der Waals surface area contributed by atoms with Gasteiger partial charge < -0.3 is 10.6 Å². The molecule has 0 saturated carbocycles. The fourth-order valence-corrected chi connectivity index (χ4v) is 5.28. The van der Waals surface area contributed by atoms with Crippen molar-refractivity contribution < 1.29 is 9.59 Å². The molecule has 0 aliphatic carbocycles. The summed E-state index contributed by atoms with van der Waals surface area (Å²) >= 11 is 0. The molecule has 2 aromatic carbocycles. The third-order valence-electron chi connectivity index (χ3n) is 6.62. The van der Waals surface area contributed by atoms with E-state index in [4.69, 9.17) is 4.98 Å². The highest BCUT2D eigenvalue weighted by molar-refractivity contribution is 6.09. The van der Waals surface area contributed by atoms with Gasteiger partial charge in [0.1, 0.15) is 22.8 Å². The topological polar surface area (TPSA) is 93.1 Å². The van der Waals surface area contributed by atoms with Crippen LogP contribution in [0.25, 0.3) is 10.9 Å². The number of para-hydroxylation sites is 2. The number of hydrogen-bond donors (Lipinski definition) is 2. The van der Waals surface area contributed by atoms with Crippen LogP contribution in [0.2, 0.25) is 0 Å². The number of piperidine rings is 1. The quantitative estimate of drug-likeness (QED) is 0.627. The lowest BCUT2D eigenvalue weighted by molar-refractivity contribution is -0.142. The maximum atomic E-state index is 13.3. The van der Waals surface area contributed by atoms with Crippen molar-refractivity contribution >= 4 is 28.4 Å². The highest BCUT2D eigenvalue weighted by Gasteiger charge is 2.69. The summed E-state index contributed by atoms with van der Waals surface area (Å²) in [4.78, 5) is 44.1. The number of rotatable bonds is 0. The van der Waals surface area contributed by atoms with Crippen molar-refractivity contribution in [3.63, 3.8) is 0 Å². The smallest absolute Gasteiger partial charge is 0.262 e. The molecule has 28 heavy (non-hydrogen) atoms. The van der Waals surface area contributed by atoms with Gasteiger partial charge in [-0.25, -0.2) is 4.98 Å². The fraction of sp³-hybridized carbons (Fsp3) is 0.238. The van der Waals surface area contributed by atoms with E-state index < -0.39 is 17.0 Å². The number of amides is 2. The van der Waals surface area contributed by atoms with Crippen LogP contribution in [0.5, 0.6) is 0 Å². The average Bonchev–Trinajstić information content (AvgIpc) is 2.97. The first kappa shape index (κ1) is 15.6. The van der Waals surface area contributed by atoms with Crippen molar-refractivity contribution in [1.29, 1.82) is 0 Å². The Balaban J connectivity index is 1.75. The minimum absolute atomic E-state index is 0.171. The molecule has 138 valence electrons. The summed E-state index contributed by atoms with van der Waals surface area (Å²) in [6.45, 7) is 1.80. The Hall–Kier alpha value is -3.48. The van der Waals surface area contributed by atoms with Gasteiger partial charge in [-0.3, -0.25) is 19.0 Å². The van der Waals surface area contributed by atoms with E-state index in [1.54, 1.807) is 25.1 Å². The average molecular weight is 372 g/mol. The van der Waals surface area contributed by atoms with Gasteiger partial charge in [-0.2, -0.15) is 0 Å². The number of nitrogens with one attached hydrogen (secondary N) is 2. The lowest BCUT2D eigenvalue weighted by Crippen LogP contribution is -2.72. The van der Waals surface area contributed by atoms with Crippen molar-refractivity contribution in [2.45, 2.75) is 30.3 Å². The molecule has 1 aromatic heterocycles. The zero-order valence-electron chi connectivity index (χ0n) is 15.0. The van der Waals surface area contributed by atoms with E-state index in [1.807, 2.05) is 30.3 Å². The molecule has 7 rings (SSSR count). The molecular formula is C21H16N4O3. The Morgan fingerprint density at radius 1 is 1.07 bits per heavy atom. The largest absolute Gasteiger partial charge is 0.340 e. The van der Waals surface area contributed by atoms with Gasteiger partial charge in [0.25, 0.3) is 5.56 Å². The normalized spacial score (nSPS) is 29.5. The molecule has 3 aromatic rings. The van der Waals surface area contributed by atoms with E-state index in [1.165, 1.54) is 4.57 Å². The van der Waals surface area contributed by atoms with Crippen LogP contribution < -0.4 is 16.2 Å². The number of fused-ring (bicyclic) bond motifs is 3. The van der Waals surface area contributed by atoms with E-state index in [0.29, 0.717) is 16.7 Å². The molecule has 1 saturated heterocycles. The molecule has 1 spiro atoms. The predicted molar refractivity (Wildman–Crippen MR) is 102 cm³/mol. The molecule has 2 unspecified atom stereocenters. The van der Waals surface area contributed by atoms with Gasteiger partial charge in [0.2, 0.25) is 11.8 Å². The molecule has 5 heterocycles. The monoisotopic (exact) mass is 372 g/mol. The van der Waals surface area contributed by atoms with Gasteiger partial charge in [-0.15, -0.1) is 0 Å². The highest BCUT2D eigenvalue weighted by Crippen LogP contribution is 2.58. The summed E-state index contributed by atoms with van der Waals surface area (Å²) in [6, 6.07) is 13.8. The van der Waals surface area contributed by atoms with Crippen LogP contribution in [0.3, 0.4) is 0 Å². The van der Waals surface area contributed by atoms with E-state index in [-0.39, 0.29) is 23.8 Å². The first-order valence-electron chi connectivity index (χ1n) is 9.22. The standard InChI is InChI=1S/C21H16N4O3/c1-20-18-22-13-8-4-2-6-11(13)17(27)25(18)15(16(26)24-20)10-21(20)12-7-3-5-9-14(12)23-19(21)28/h2-9,15H,10H2,1H3,(H,23,28)(H,24,26)/t15?,20?,21-/m0/s1. The maximum Gasteiger partial charge on any atom is 0.262 e. The summed E-state index contributed by atoms with van der Waals surface area (Å²) in [5, 5.41) is 6.46. The Morgan fingerprint density at radius 3 is 2.68 bits per heavy atom. The highest BCUT2D eigenvalue weighted by atomic mass is 16.2. The van der Waals surface area contributed by atoms with Crippen molar-refractivity contribution in [3.05, 3.63) is 70.3 Å². The summed E-state index contributed by atoms with van der Waals surface area (Å²) in [7, 11) is 0. The SMILES string of the molecule is CC12NC(=O)C(C[C@]13C(=O)Nc1ccccc13)n1c2nc2ccccc2c1=O. The Morgan fingerprint density at radius 2 is 1.82 bits per heavy atom. The number of hydrogen-bond acceptors (Lipinski definition) is 4. The lowest BCUT2D eigenvalue weighted by Gasteiger charge is -2.55. The summed E-state index contributed by atoms with van der Waals surface area (Å²) in [6.07, 6.45) is 0.227. The minimum Gasteiger partial charge on any atom is -0.340 e. The van der Waals surface area contributed by atoms with Crippen molar-refractivity contribution in [3.8, 4) is 0 Å². The van der Waals surface area contributed by atoms with Crippen molar-refractivity contribution in [2.75, 3.05) is 5.32 Å². The van der Waals surface area contributed by atoms with Crippen LogP contribution in [0.15, 0.2) is 53.3 Å². The fourth-order valence-electron chi connectivity index (χ4n) is 5.28. The molecule has 2 amide bonds. The van der Waals surface area contributed by atoms with Gasteiger partial charge >= 0.3 is 0 Å². The number of nitrogens with zero attached hydrogens (tertiary/aromatic N) is 2. The maximum absolute atomic E-state index is 13.3. The van der Waals surface area contributed by atoms with Gasteiger partial charge in [0.15, 0.2) is 0 Å².